The van der Waals surface area contributed by atoms with Crippen LogP contribution in [0.5, 0.6) is 0 Å². The number of nitrogens with one attached hydrogen (secondary N) is 1. The van der Waals surface area contributed by atoms with E-state index in [0.29, 0.717) is 0 Å². The molecule has 5 nitrogen and oxygen atoms in total. The monoisotopic (exact) mass is 175 g/mol. The summed E-state index contributed by atoms with van der Waals surface area (Å²) in [6, 6.07) is 1.80. The highest BCUT2D eigenvalue weighted by atomic mass is 15.3. The van der Waals surface area contributed by atoms with Crippen LogP contribution in [0.25, 0.3) is 0 Å². The molecule has 0 fully saturated rings. The van der Waals surface area contributed by atoms with Crippen LogP contribution in [-0.2, 0) is 7.05 Å². The van der Waals surface area contributed by atoms with Gasteiger partial charge >= 0.3 is 0 Å². The molecule has 0 amide bonds. The Balaban J connectivity index is 2.15. The average molecular weight is 175 g/mol. The summed E-state index contributed by atoms with van der Waals surface area (Å²) < 4.78 is 1.73. The maximum absolute atomic E-state index is 4.02. The van der Waals surface area contributed by atoms with Crippen molar-refractivity contribution < 1.29 is 0 Å². The van der Waals surface area contributed by atoms with Crippen molar-refractivity contribution in [3.05, 3.63) is 31.0 Å². The predicted molar refractivity (Wildman–Crippen MR) is 48.5 cm³/mol. The van der Waals surface area contributed by atoms with Crippen molar-refractivity contribution in [3.8, 4) is 0 Å². The Bertz CT molecular complexity index is 380. The van der Waals surface area contributed by atoms with Crippen LogP contribution in [0.3, 0.4) is 0 Å². The number of rotatable bonds is 2. The van der Waals surface area contributed by atoms with Gasteiger partial charge in [-0.25, -0.2) is 9.97 Å². The number of hydrogen-bond acceptors (Lipinski definition) is 4. The first-order chi connectivity index (χ1) is 6.34. The molecule has 0 saturated heterocycles. The van der Waals surface area contributed by atoms with E-state index in [4.69, 9.17) is 0 Å². The van der Waals surface area contributed by atoms with Crippen molar-refractivity contribution in [1.82, 2.24) is 19.7 Å². The molecule has 2 rings (SSSR count). The van der Waals surface area contributed by atoms with Crippen LogP contribution in [0.2, 0.25) is 0 Å². The van der Waals surface area contributed by atoms with E-state index in [0.717, 1.165) is 11.5 Å². The molecule has 2 heterocycles. The molecule has 0 unspecified atom stereocenters. The fraction of sp³-hybridized carbons (Fsp3) is 0.125. The Morgan fingerprint density at radius 2 is 2.38 bits per heavy atom. The minimum atomic E-state index is 0.767. The molecule has 0 aliphatic rings. The lowest BCUT2D eigenvalue weighted by molar-refractivity contribution is 0.768. The number of anilines is 2. The van der Waals surface area contributed by atoms with Crippen LogP contribution in [0.1, 0.15) is 0 Å². The highest BCUT2D eigenvalue weighted by Gasteiger charge is 1.96. The number of nitrogens with zero attached hydrogens (tertiary/aromatic N) is 4. The van der Waals surface area contributed by atoms with Gasteiger partial charge < -0.3 is 5.32 Å². The van der Waals surface area contributed by atoms with Gasteiger partial charge in [-0.2, -0.15) is 5.10 Å². The molecule has 0 aromatic carbocycles. The van der Waals surface area contributed by atoms with E-state index in [1.54, 1.807) is 23.1 Å². The highest BCUT2D eigenvalue weighted by Crippen LogP contribution is 2.10. The van der Waals surface area contributed by atoms with E-state index in [9.17, 15) is 0 Å². The predicted octanol–water partition coefficient (Wildman–Crippen LogP) is 0.954. The summed E-state index contributed by atoms with van der Waals surface area (Å²) in [4.78, 5) is 7.84. The van der Waals surface area contributed by atoms with E-state index in [2.05, 4.69) is 20.4 Å². The van der Waals surface area contributed by atoms with Crippen LogP contribution < -0.4 is 5.32 Å². The van der Waals surface area contributed by atoms with Gasteiger partial charge in [-0.3, -0.25) is 4.68 Å². The van der Waals surface area contributed by atoms with Crippen LogP contribution in [0.4, 0.5) is 11.5 Å². The van der Waals surface area contributed by atoms with E-state index in [1.807, 2.05) is 13.2 Å². The maximum atomic E-state index is 4.02. The number of aromatic nitrogens is 4. The highest BCUT2D eigenvalue weighted by molar-refractivity contribution is 5.52. The van der Waals surface area contributed by atoms with Crippen LogP contribution in [-0.4, -0.2) is 19.7 Å². The number of aryl methyl sites for hydroxylation is 1. The molecule has 66 valence electrons. The topological polar surface area (TPSA) is 55.6 Å². The third-order valence-corrected chi connectivity index (χ3v) is 1.56. The zero-order valence-electron chi connectivity index (χ0n) is 7.18. The van der Waals surface area contributed by atoms with E-state index >= 15 is 0 Å². The van der Waals surface area contributed by atoms with E-state index in [1.165, 1.54) is 6.33 Å². The molecule has 0 spiro atoms. The van der Waals surface area contributed by atoms with Crippen LogP contribution >= 0.6 is 0 Å². The Morgan fingerprint density at radius 1 is 1.46 bits per heavy atom. The van der Waals surface area contributed by atoms with Crippen LogP contribution in [0.15, 0.2) is 31.0 Å². The molecule has 13 heavy (non-hydrogen) atoms. The van der Waals surface area contributed by atoms with Gasteiger partial charge in [-0.15, -0.1) is 0 Å². The lowest BCUT2D eigenvalue weighted by atomic mass is 10.5. The first kappa shape index (κ1) is 7.72. The second kappa shape index (κ2) is 3.22. The summed E-state index contributed by atoms with van der Waals surface area (Å²) in [5.74, 6) is 0.767. The quantitative estimate of drug-likeness (QED) is 0.738. The lowest BCUT2D eigenvalue weighted by Crippen LogP contribution is -1.91. The van der Waals surface area contributed by atoms with Crippen molar-refractivity contribution in [2.45, 2.75) is 0 Å². The summed E-state index contributed by atoms with van der Waals surface area (Å²) in [6.45, 7) is 0. The molecular weight excluding hydrogens is 166 g/mol. The Labute approximate surface area is 75.4 Å². The standard InChI is InChI=1S/C8H9N5/c1-13-5-7(4-11-13)12-8-2-3-9-6-10-8/h2-6H,1H3,(H,9,10,12). The molecule has 0 aliphatic heterocycles. The van der Waals surface area contributed by atoms with Crippen molar-refractivity contribution in [2.24, 2.45) is 7.05 Å². The smallest absolute Gasteiger partial charge is 0.133 e. The van der Waals surface area contributed by atoms with Gasteiger partial charge in [0.1, 0.15) is 12.1 Å². The molecule has 5 heteroatoms. The van der Waals surface area contributed by atoms with Crippen molar-refractivity contribution >= 4 is 11.5 Å². The summed E-state index contributed by atoms with van der Waals surface area (Å²) >= 11 is 0. The van der Waals surface area contributed by atoms with Gasteiger partial charge in [-0.05, 0) is 6.07 Å². The van der Waals surface area contributed by atoms with E-state index in [-0.39, 0.29) is 0 Å². The first-order valence-corrected chi connectivity index (χ1v) is 3.86. The minimum Gasteiger partial charge on any atom is -0.338 e. The van der Waals surface area contributed by atoms with Gasteiger partial charge in [0.2, 0.25) is 0 Å². The normalized spacial score (nSPS) is 9.92. The van der Waals surface area contributed by atoms with Gasteiger partial charge in [0, 0.05) is 19.4 Å². The van der Waals surface area contributed by atoms with Crippen LogP contribution in [0, 0.1) is 0 Å². The molecule has 0 bridgehead atoms. The van der Waals surface area contributed by atoms with Gasteiger partial charge in [0.15, 0.2) is 0 Å². The zero-order valence-corrected chi connectivity index (χ0v) is 7.18. The minimum absolute atomic E-state index is 0.767. The van der Waals surface area contributed by atoms with Gasteiger partial charge in [-0.1, -0.05) is 0 Å². The van der Waals surface area contributed by atoms with Crippen molar-refractivity contribution in [2.75, 3.05) is 5.32 Å². The Hall–Kier alpha value is -1.91. The van der Waals surface area contributed by atoms with Gasteiger partial charge in [0.05, 0.1) is 11.9 Å². The van der Waals surface area contributed by atoms with E-state index < -0.39 is 0 Å². The second-order valence-corrected chi connectivity index (χ2v) is 2.62. The third-order valence-electron chi connectivity index (χ3n) is 1.56. The second-order valence-electron chi connectivity index (χ2n) is 2.62. The Kier molecular flexibility index (Phi) is 1.91. The Morgan fingerprint density at radius 3 is 3.00 bits per heavy atom. The first-order valence-electron chi connectivity index (χ1n) is 3.86. The number of hydrogen-bond donors (Lipinski definition) is 1. The molecule has 0 aliphatic carbocycles. The molecule has 2 aromatic rings. The summed E-state index contributed by atoms with van der Waals surface area (Å²) in [5, 5.41) is 7.11. The SMILES string of the molecule is Cn1cc(Nc2ccncn2)cn1. The summed E-state index contributed by atoms with van der Waals surface area (Å²) in [5.41, 5.74) is 0.918. The molecule has 0 saturated carbocycles. The lowest BCUT2D eigenvalue weighted by Gasteiger charge is -1.99. The molecular formula is C8H9N5. The fourth-order valence-corrected chi connectivity index (χ4v) is 0.998. The maximum Gasteiger partial charge on any atom is 0.133 e. The van der Waals surface area contributed by atoms with Gasteiger partial charge in [0.25, 0.3) is 0 Å². The summed E-state index contributed by atoms with van der Waals surface area (Å²) in [6.07, 6.45) is 6.80. The van der Waals surface area contributed by atoms with Crippen molar-refractivity contribution in [1.29, 1.82) is 0 Å². The molecule has 0 radical (unpaired) electrons. The fourth-order valence-electron chi connectivity index (χ4n) is 0.998. The third kappa shape index (κ3) is 1.81. The summed E-state index contributed by atoms with van der Waals surface area (Å²) in [7, 11) is 1.87. The molecule has 0 atom stereocenters. The average Bonchev–Trinajstić information content (AvgIpc) is 2.53. The molecule has 1 N–H and O–H groups in total. The molecule has 2 aromatic heterocycles. The largest absolute Gasteiger partial charge is 0.338 e. The zero-order chi connectivity index (χ0) is 9.10. The van der Waals surface area contributed by atoms with Crippen molar-refractivity contribution in [3.63, 3.8) is 0 Å².